The maximum atomic E-state index is 15.4. The molecule has 0 spiro atoms. The average Bonchev–Trinajstić information content (AvgIpc) is 3.83. The van der Waals surface area contributed by atoms with E-state index in [0.29, 0.717) is 24.5 Å². The second-order valence-electron chi connectivity index (χ2n) is 11.0. The van der Waals surface area contributed by atoms with E-state index in [2.05, 4.69) is 4.98 Å². The normalized spacial score (nSPS) is 18.7. The minimum absolute atomic E-state index is 0.111. The average molecular weight is 708 g/mol. The van der Waals surface area contributed by atoms with Crippen molar-refractivity contribution in [1.29, 1.82) is 0 Å². The van der Waals surface area contributed by atoms with E-state index in [0.717, 1.165) is 24.6 Å². The van der Waals surface area contributed by atoms with Crippen LogP contribution >= 0.6 is 11.6 Å². The molecule has 1 amide bonds. The molecule has 2 aromatic rings. The maximum absolute atomic E-state index is 15.4. The highest BCUT2D eigenvalue weighted by Crippen LogP contribution is 2.43. The number of halogens is 9. The minimum atomic E-state index is -5.08. The molecule has 2 heterocycles. The zero-order chi connectivity index (χ0) is 34.2. The summed E-state index contributed by atoms with van der Waals surface area (Å²) in [5.74, 6) is -7.29. The molecule has 3 fully saturated rings. The summed E-state index contributed by atoms with van der Waals surface area (Å²) < 4.78 is 133. The fourth-order valence-corrected chi connectivity index (χ4v) is 6.13. The molecule has 3 aliphatic rings. The predicted molar refractivity (Wildman–Crippen MR) is 145 cm³/mol. The van der Waals surface area contributed by atoms with Crippen molar-refractivity contribution in [2.45, 2.75) is 74.4 Å². The number of sulfonamides is 1. The van der Waals surface area contributed by atoms with Gasteiger partial charge in [0.15, 0.2) is 0 Å². The molecule has 2 aliphatic carbocycles. The number of hydrogen-bond acceptors (Lipinski definition) is 7. The molecule has 0 bridgehead atoms. The highest BCUT2D eigenvalue weighted by Gasteiger charge is 2.41. The lowest BCUT2D eigenvalue weighted by Gasteiger charge is -2.36. The first-order chi connectivity index (χ1) is 21.2. The molecular weight excluding hydrogens is 682 g/mol. The molecule has 1 aliphatic heterocycles. The van der Waals surface area contributed by atoms with E-state index >= 15 is 4.39 Å². The number of carbonyl (C=O) groups excluding carboxylic acids is 1. The fourth-order valence-electron chi connectivity index (χ4n) is 4.63. The lowest BCUT2D eigenvalue weighted by molar-refractivity contribution is -0.192. The molecule has 9 nitrogen and oxygen atoms in total. The number of pyridine rings is 1. The Kier molecular flexibility index (Phi) is 10.1. The SMILES string of the molecule is O=C(NS(=O)(=O)C1CC1)c1cc(C2CC2)c(CN2CCC(F)(Oc3cc(C(F)(F)F)c(Cl)cn3)CC2)cc1F.O=C(O)C(F)(F)F. The van der Waals surface area contributed by atoms with Crippen LogP contribution in [0.3, 0.4) is 0 Å². The molecule has 1 saturated heterocycles. The molecular formula is C27H26ClF8N3O6S. The third-order valence-corrected chi connectivity index (χ3v) is 9.47. The molecule has 2 N–H and O–H groups in total. The highest BCUT2D eigenvalue weighted by atomic mass is 35.5. The van der Waals surface area contributed by atoms with Gasteiger partial charge in [-0.15, -0.1) is 0 Å². The van der Waals surface area contributed by atoms with Crippen LogP contribution in [-0.4, -0.2) is 65.7 Å². The smallest absolute Gasteiger partial charge is 0.475 e. The Balaban J connectivity index is 0.000000617. The van der Waals surface area contributed by atoms with Gasteiger partial charge in [0, 0.05) is 38.5 Å². The molecule has 1 aromatic heterocycles. The van der Waals surface area contributed by atoms with Crippen molar-refractivity contribution >= 4 is 33.5 Å². The van der Waals surface area contributed by atoms with E-state index in [9.17, 15) is 43.9 Å². The van der Waals surface area contributed by atoms with Crippen molar-refractivity contribution in [2.24, 2.45) is 0 Å². The summed E-state index contributed by atoms with van der Waals surface area (Å²) in [6.45, 7) is 0.589. The summed E-state index contributed by atoms with van der Waals surface area (Å²) >= 11 is 5.56. The van der Waals surface area contributed by atoms with Crippen LogP contribution in [0.4, 0.5) is 35.1 Å². The molecule has 254 valence electrons. The molecule has 0 atom stereocenters. The zero-order valence-corrected chi connectivity index (χ0v) is 25.1. The van der Waals surface area contributed by atoms with Crippen LogP contribution < -0.4 is 9.46 Å². The first-order valence-electron chi connectivity index (χ1n) is 13.7. The van der Waals surface area contributed by atoms with Crippen LogP contribution in [0.15, 0.2) is 24.4 Å². The van der Waals surface area contributed by atoms with Crippen LogP contribution in [0.1, 0.15) is 71.5 Å². The maximum Gasteiger partial charge on any atom is 0.490 e. The predicted octanol–water partition coefficient (Wildman–Crippen LogP) is 5.97. The summed E-state index contributed by atoms with van der Waals surface area (Å²) in [5, 5.41) is 5.88. The topological polar surface area (TPSA) is 126 Å². The van der Waals surface area contributed by atoms with Gasteiger partial charge < -0.3 is 9.84 Å². The Morgan fingerprint density at radius 3 is 2.15 bits per heavy atom. The molecule has 5 rings (SSSR count). The van der Waals surface area contributed by atoms with Gasteiger partial charge in [-0.1, -0.05) is 11.6 Å². The molecule has 0 unspecified atom stereocenters. The van der Waals surface area contributed by atoms with Crippen LogP contribution in [-0.2, 0) is 27.5 Å². The van der Waals surface area contributed by atoms with Crippen molar-refractivity contribution in [1.82, 2.24) is 14.6 Å². The van der Waals surface area contributed by atoms with Gasteiger partial charge >= 0.3 is 18.3 Å². The van der Waals surface area contributed by atoms with Crippen molar-refractivity contribution < 1.29 is 63.0 Å². The first kappa shape index (κ1) is 35.6. The van der Waals surface area contributed by atoms with Crippen molar-refractivity contribution in [3.8, 4) is 5.88 Å². The van der Waals surface area contributed by atoms with Crippen LogP contribution in [0.5, 0.6) is 5.88 Å². The standard InChI is InChI=1S/C25H25ClF5N3O4S.C2HF3O2/c26-20-12-32-22(11-19(20)25(29,30)31)38-24(28)5-7-34(8-6-24)13-15-9-21(27)18(10-17(15)14-1-2-14)23(35)33-39(36,37)16-3-4-16;3-2(4,5)1(6)7/h9-12,14,16H,1-8,13H2,(H,33,35);(H,6,7). The number of amides is 1. The number of rotatable bonds is 8. The van der Waals surface area contributed by atoms with E-state index in [1.54, 1.807) is 0 Å². The van der Waals surface area contributed by atoms with Crippen molar-refractivity contribution in [2.75, 3.05) is 13.1 Å². The number of carboxylic acids is 1. The van der Waals surface area contributed by atoms with Gasteiger partial charge in [-0.2, -0.15) is 30.7 Å². The molecule has 1 aromatic carbocycles. The lowest BCUT2D eigenvalue weighted by Crippen LogP contribution is -2.45. The second kappa shape index (κ2) is 13.1. The number of likely N-dealkylation sites (tertiary alicyclic amines) is 1. The summed E-state index contributed by atoms with van der Waals surface area (Å²) in [7, 11) is -3.84. The van der Waals surface area contributed by atoms with Gasteiger partial charge in [0.1, 0.15) is 5.82 Å². The number of aromatic nitrogens is 1. The second-order valence-corrected chi connectivity index (χ2v) is 13.4. The third kappa shape index (κ3) is 9.18. The Bertz CT molecular complexity index is 1590. The third-order valence-electron chi connectivity index (χ3n) is 7.35. The Labute approximate surface area is 261 Å². The Hall–Kier alpha value is -3.25. The zero-order valence-electron chi connectivity index (χ0n) is 23.5. The van der Waals surface area contributed by atoms with Crippen LogP contribution in [0.25, 0.3) is 0 Å². The number of piperidine rings is 1. The van der Waals surface area contributed by atoms with Gasteiger partial charge in [0.2, 0.25) is 15.9 Å². The quantitative estimate of drug-likeness (QED) is 0.322. The number of alkyl halides is 7. The van der Waals surface area contributed by atoms with E-state index in [-0.39, 0.29) is 44.0 Å². The number of hydrogen-bond donors (Lipinski definition) is 2. The Morgan fingerprint density at radius 1 is 1.07 bits per heavy atom. The molecule has 19 heteroatoms. The summed E-state index contributed by atoms with van der Waals surface area (Å²) in [4.78, 5) is 27.0. The van der Waals surface area contributed by atoms with Crippen molar-refractivity contribution in [3.63, 3.8) is 0 Å². The summed E-state index contributed by atoms with van der Waals surface area (Å²) in [6, 6.07) is 3.18. The van der Waals surface area contributed by atoms with Gasteiger partial charge in [0.05, 0.1) is 27.6 Å². The van der Waals surface area contributed by atoms with Gasteiger partial charge in [-0.25, -0.2) is 27.3 Å². The minimum Gasteiger partial charge on any atom is -0.475 e. The summed E-state index contributed by atoms with van der Waals surface area (Å²) in [5.41, 5.74) is -0.165. The lowest BCUT2D eigenvalue weighted by atomic mass is 9.97. The number of ether oxygens (including phenoxy) is 1. The molecule has 46 heavy (non-hydrogen) atoms. The van der Waals surface area contributed by atoms with Crippen molar-refractivity contribution in [3.05, 3.63) is 57.5 Å². The monoisotopic (exact) mass is 707 g/mol. The number of aliphatic carboxylic acids is 1. The van der Waals surface area contributed by atoms with Gasteiger partial charge in [-0.3, -0.25) is 9.69 Å². The number of nitrogens with zero attached hydrogens (tertiary/aromatic N) is 2. The van der Waals surface area contributed by atoms with E-state index in [4.69, 9.17) is 26.2 Å². The van der Waals surface area contributed by atoms with Gasteiger partial charge in [-0.05, 0) is 54.9 Å². The van der Waals surface area contributed by atoms with E-state index in [1.165, 1.54) is 12.1 Å². The highest BCUT2D eigenvalue weighted by molar-refractivity contribution is 7.91. The number of benzene rings is 1. The molecule has 0 radical (unpaired) electrons. The van der Waals surface area contributed by atoms with Gasteiger partial charge in [0.25, 0.3) is 11.8 Å². The van der Waals surface area contributed by atoms with Crippen LogP contribution in [0.2, 0.25) is 5.02 Å². The Morgan fingerprint density at radius 2 is 1.65 bits per heavy atom. The summed E-state index contributed by atoms with van der Waals surface area (Å²) in [6.07, 6.45) is -6.80. The number of nitrogens with one attached hydrogen (secondary N) is 1. The molecule has 2 saturated carbocycles. The van der Waals surface area contributed by atoms with Crippen LogP contribution in [0, 0.1) is 5.82 Å². The van der Waals surface area contributed by atoms with E-state index < -0.39 is 67.6 Å². The number of carbonyl (C=O) groups is 2. The number of carboxylic acid groups (broad SMARTS) is 1. The fraction of sp³-hybridized carbons (Fsp3) is 0.519. The van der Waals surface area contributed by atoms with E-state index in [1.807, 2.05) is 9.62 Å². The largest absolute Gasteiger partial charge is 0.490 e. The first-order valence-corrected chi connectivity index (χ1v) is 15.6.